The molecular weight excluding hydrogens is 785 g/mol. The van der Waals surface area contributed by atoms with Gasteiger partial charge >= 0.3 is 0 Å². The van der Waals surface area contributed by atoms with E-state index < -0.39 is 6.10 Å². The molecule has 0 saturated carbocycles. The number of thiophene rings is 1. The van der Waals surface area contributed by atoms with E-state index in [9.17, 15) is 19.8 Å². The van der Waals surface area contributed by atoms with E-state index in [0.29, 0.717) is 76.0 Å². The number of benzene rings is 2. The van der Waals surface area contributed by atoms with Gasteiger partial charge in [-0.1, -0.05) is 32.0 Å². The van der Waals surface area contributed by atoms with Crippen LogP contribution in [0.2, 0.25) is 0 Å². The fraction of sp³-hybridized carbons (Fsp3) is 0.442. The first kappa shape index (κ1) is 40.0. The van der Waals surface area contributed by atoms with Crippen LogP contribution in [-0.4, -0.2) is 140 Å². The van der Waals surface area contributed by atoms with Crippen molar-refractivity contribution in [1.82, 2.24) is 39.5 Å². The molecule has 2 amide bonds. The number of phenols is 2. The van der Waals surface area contributed by atoms with Crippen LogP contribution in [0.15, 0.2) is 48.8 Å². The molecule has 0 aliphatic carbocycles. The Kier molecular flexibility index (Phi) is 11.3. The molecule has 3 saturated heterocycles. The number of anilines is 2. The SMILES string of the molecule is CC(C)c1cc(C(=O)N2Cc3ccc(CN4CCN(C(=O)[C@@H]5CN(Cc6cc7nc(-c8cnc(N)nc8)nc(N8CCOCC8)c7s6)CCO5)CC4)cc3C2)c(O)cc1O. The van der Waals surface area contributed by atoms with E-state index in [1.807, 2.05) is 18.7 Å². The average Bonchev–Trinajstić information content (AvgIpc) is 3.87. The molecule has 2 aromatic carbocycles. The van der Waals surface area contributed by atoms with Crippen LogP contribution in [0.4, 0.5) is 11.8 Å². The van der Waals surface area contributed by atoms with Crippen molar-refractivity contribution in [3.05, 3.63) is 81.5 Å². The van der Waals surface area contributed by atoms with Crippen LogP contribution in [0, 0.1) is 0 Å². The van der Waals surface area contributed by atoms with E-state index in [-0.39, 0.29) is 40.7 Å². The Labute approximate surface area is 352 Å². The highest BCUT2D eigenvalue weighted by Gasteiger charge is 2.33. The normalized spacial score (nSPS) is 19.1. The van der Waals surface area contributed by atoms with Crippen LogP contribution in [0.5, 0.6) is 11.5 Å². The molecule has 0 bridgehead atoms. The summed E-state index contributed by atoms with van der Waals surface area (Å²) in [6.45, 7) is 13.5. The molecule has 16 nitrogen and oxygen atoms in total. The summed E-state index contributed by atoms with van der Waals surface area (Å²) in [6.07, 6.45) is 2.77. The zero-order chi connectivity index (χ0) is 41.5. The number of fused-ring (bicyclic) bond motifs is 2. The lowest BCUT2D eigenvalue weighted by atomic mass is 9.98. The van der Waals surface area contributed by atoms with Gasteiger partial charge in [0.15, 0.2) is 11.6 Å². The molecule has 17 heteroatoms. The molecule has 4 N–H and O–H groups in total. The van der Waals surface area contributed by atoms with Gasteiger partial charge in [0, 0.05) is 102 Å². The second-order valence-corrected chi connectivity index (χ2v) is 17.4. The van der Waals surface area contributed by atoms with Gasteiger partial charge in [0.2, 0.25) is 5.95 Å². The number of rotatable bonds is 9. The van der Waals surface area contributed by atoms with Crippen LogP contribution < -0.4 is 10.6 Å². The summed E-state index contributed by atoms with van der Waals surface area (Å²) in [5.41, 5.74) is 11.5. The summed E-state index contributed by atoms with van der Waals surface area (Å²) in [5.74, 6) is 1.18. The van der Waals surface area contributed by atoms with Gasteiger partial charge in [0.1, 0.15) is 17.6 Å². The first-order valence-electron chi connectivity index (χ1n) is 20.6. The van der Waals surface area contributed by atoms with E-state index in [2.05, 4.69) is 48.9 Å². The molecule has 4 aliphatic rings. The van der Waals surface area contributed by atoms with Crippen molar-refractivity contribution < 1.29 is 29.3 Å². The van der Waals surface area contributed by atoms with Gasteiger partial charge < -0.3 is 40.1 Å². The molecule has 314 valence electrons. The first-order chi connectivity index (χ1) is 29.1. The van der Waals surface area contributed by atoms with Gasteiger partial charge in [-0.05, 0) is 40.3 Å². The van der Waals surface area contributed by atoms with Crippen molar-refractivity contribution in [1.29, 1.82) is 0 Å². The zero-order valence-electron chi connectivity index (χ0n) is 33.9. The van der Waals surface area contributed by atoms with E-state index in [1.54, 1.807) is 34.7 Å². The van der Waals surface area contributed by atoms with Crippen molar-refractivity contribution in [3.63, 3.8) is 0 Å². The van der Waals surface area contributed by atoms with Gasteiger partial charge in [0.05, 0.1) is 41.2 Å². The highest BCUT2D eigenvalue weighted by atomic mass is 32.1. The molecular formula is C43H50N10O6S. The van der Waals surface area contributed by atoms with E-state index in [1.165, 1.54) is 6.07 Å². The molecule has 4 aliphatic heterocycles. The third-order valence-corrected chi connectivity index (χ3v) is 12.9. The molecule has 0 spiro atoms. The second-order valence-electron chi connectivity index (χ2n) is 16.3. The molecule has 1 atom stereocenters. The Hall–Kier alpha value is -5.46. The Balaban J connectivity index is 0.797. The summed E-state index contributed by atoms with van der Waals surface area (Å²) in [7, 11) is 0. The lowest BCUT2D eigenvalue weighted by Crippen LogP contribution is -2.55. The zero-order valence-corrected chi connectivity index (χ0v) is 34.7. The van der Waals surface area contributed by atoms with Gasteiger partial charge in [-0.2, -0.15) is 0 Å². The minimum Gasteiger partial charge on any atom is -0.508 e. The fourth-order valence-electron chi connectivity index (χ4n) is 8.51. The van der Waals surface area contributed by atoms with Gasteiger partial charge in [-0.25, -0.2) is 19.9 Å². The maximum atomic E-state index is 13.8. The van der Waals surface area contributed by atoms with Crippen LogP contribution in [0.25, 0.3) is 21.6 Å². The summed E-state index contributed by atoms with van der Waals surface area (Å²) in [4.78, 5) is 57.2. The Bertz CT molecular complexity index is 2400. The van der Waals surface area contributed by atoms with Crippen LogP contribution >= 0.6 is 11.3 Å². The molecule has 3 aromatic heterocycles. The number of piperazine rings is 1. The lowest BCUT2D eigenvalue weighted by Gasteiger charge is -2.38. The molecule has 60 heavy (non-hydrogen) atoms. The number of nitrogens with two attached hydrogens (primary N) is 1. The second kappa shape index (κ2) is 16.9. The lowest BCUT2D eigenvalue weighted by molar-refractivity contribution is -0.151. The van der Waals surface area contributed by atoms with Gasteiger partial charge in [0.25, 0.3) is 11.8 Å². The van der Waals surface area contributed by atoms with E-state index in [0.717, 1.165) is 76.9 Å². The molecule has 3 fully saturated rings. The number of phenolic OH excluding ortho intramolecular Hbond substituents is 2. The van der Waals surface area contributed by atoms with Crippen molar-refractivity contribution in [2.45, 2.75) is 52.0 Å². The highest BCUT2D eigenvalue weighted by Crippen LogP contribution is 2.37. The summed E-state index contributed by atoms with van der Waals surface area (Å²) < 4.78 is 12.7. The Morgan fingerprint density at radius 3 is 2.38 bits per heavy atom. The largest absolute Gasteiger partial charge is 0.508 e. The number of hydrogen-bond acceptors (Lipinski definition) is 15. The third-order valence-electron chi connectivity index (χ3n) is 11.8. The molecule has 7 heterocycles. The van der Waals surface area contributed by atoms with E-state index >= 15 is 0 Å². The Morgan fingerprint density at radius 2 is 1.62 bits per heavy atom. The fourth-order valence-corrected chi connectivity index (χ4v) is 9.66. The monoisotopic (exact) mass is 834 g/mol. The smallest absolute Gasteiger partial charge is 0.258 e. The summed E-state index contributed by atoms with van der Waals surface area (Å²) in [6, 6.07) is 11.4. The van der Waals surface area contributed by atoms with Crippen molar-refractivity contribution in [2.24, 2.45) is 0 Å². The topological polar surface area (TPSA) is 187 Å². The summed E-state index contributed by atoms with van der Waals surface area (Å²) in [5, 5.41) is 20.8. The minimum absolute atomic E-state index is 0.00578. The third kappa shape index (κ3) is 8.32. The van der Waals surface area contributed by atoms with Crippen LogP contribution in [0.3, 0.4) is 0 Å². The minimum atomic E-state index is -0.525. The average molecular weight is 835 g/mol. The maximum absolute atomic E-state index is 13.8. The number of nitrogens with zero attached hydrogens (tertiary/aromatic N) is 9. The maximum Gasteiger partial charge on any atom is 0.258 e. The standard InChI is InChI=1S/C43H50N10O6S/c1-26(2)32-17-33(36(55)18-35(32)54)41(56)53-22-28-4-3-27(15-29(28)23-53)21-49-5-7-52(8-6-49)42(57)37-25-50(9-14-59-37)24-31-16-34-38(60-31)40(51-10-12-58-13-11-51)48-39(47-34)30-19-45-43(44)46-20-30/h3-4,15-20,26,37,54-55H,5-14,21-25H2,1-2H3,(H2,44,45,46)/t37-/m0/s1. The van der Waals surface area contributed by atoms with Gasteiger partial charge in [-0.3, -0.25) is 19.4 Å². The van der Waals surface area contributed by atoms with Crippen LogP contribution in [-0.2, 0) is 40.4 Å². The van der Waals surface area contributed by atoms with Crippen molar-refractivity contribution >= 4 is 45.1 Å². The molecule has 0 radical (unpaired) electrons. The van der Waals surface area contributed by atoms with Gasteiger partial charge in [-0.15, -0.1) is 11.3 Å². The highest BCUT2D eigenvalue weighted by molar-refractivity contribution is 7.19. The number of carbonyl (C=O) groups excluding carboxylic acids is 2. The molecule has 0 unspecified atom stereocenters. The number of nitrogen functional groups attached to an aromatic ring is 1. The van der Waals surface area contributed by atoms with Crippen molar-refractivity contribution in [3.8, 4) is 22.9 Å². The Morgan fingerprint density at radius 1 is 0.850 bits per heavy atom. The molecule has 5 aromatic rings. The quantitative estimate of drug-likeness (QED) is 0.195. The number of morpholine rings is 2. The summed E-state index contributed by atoms with van der Waals surface area (Å²) >= 11 is 1.69. The number of amides is 2. The number of aromatic nitrogens is 4. The van der Waals surface area contributed by atoms with E-state index in [4.69, 9.17) is 25.2 Å². The van der Waals surface area contributed by atoms with Crippen LogP contribution in [0.1, 0.15) is 57.3 Å². The molecule has 9 rings (SSSR count). The number of hydrogen-bond donors (Lipinski definition) is 3. The predicted molar refractivity (Wildman–Crippen MR) is 227 cm³/mol. The number of aromatic hydroxyl groups is 2. The number of ether oxygens (including phenoxy) is 2. The van der Waals surface area contributed by atoms with Crippen molar-refractivity contribution in [2.75, 3.05) is 82.8 Å². The first-order valence-corrected chi connectivity index (χ1v) is 21.4. The number of carbonyl (C=O) groups is 2. The predicted octanol–water partition coefficient (Wildman–Crippen LogP) is 3.80.